The highest BCUT2D eigenvalue weighted by molar-refractivity contribution is 5.83. The monoisotopic (exact) mass is 274 g/mol. The summed E-state index contributed by atoms with van der Waals surface area (Å²) in [6.07, 6.45) is 0. The molecule has 20 heavy (non-hydrogen) atoms. The quantitative estimate of drug-likeness (QED) is 0.497. The number of nitrogens with two attached hydrogens (primary N) is 1. The number of phenols is 2. The van der Waals surface area contributed by atoms with Crippen molar-refractivity contribution in [1.29, 1.82) is 0 Å². The van der Waals surface area contributed by atoms with E-state index in [1.54, 1.807) is 19.2 Å². The normalized spacial score (nSPS) is 10.4. The molecule has 0 atom stereocenters. The molecule has 5 N–H and O–H groups in total. The van der Waals surface area contributed by atoms with Crippen LogP contribution in [0.25, 0.3) is 11.1 Å². The summed E-state index contributed by atoms with van der Waals surface area (Å²) in [7, 11) is 1.64. The molecule has 0 unspecified atom stereocenters. The molecule has 2 rings (SSSR count). The second-order valence-corrected chi connectivity index (χ2v) is 4.42. The third kappa shape index (κ3) is 3.13. The van der Waals surface area contributed by atoms with Gasteiger partial charge >= 0.3 is 0 Å². The molecule has 0 aromatic heterocycles. The number of nitrogens with one attached hydrogen (secondary N) is 1. The molecule has 2 aromatic rings. The largest absolute Gasteiger partial charge is 0.508 e. The van der Waals surface area contributed by atoms with Crippen molar-refractivity contribution in [2.24, 2.45) is 0 Å². The highest BCUT2D eigenvalue weighted by Gasteiger charge is 2.09. The van der Waals surface area contributed by atoms with E-state index in [0.717, 1.165) is 5.69 Å². The predicted molar refractivity (Wildman–Crippen MR) is 80.0 cm³/mol. The Bertz CT molecular complexity index is 600. The fraction of sp³-hybridized carbons (Fsp3) is 0.200. The molecule has 5 nitrogen and oxygen atoms in total. The lowest BCUT2D eigenvalue weighted by atomic mass is 10.0. The van der Waals surface area contributed by atoms with Crippen molar-refractivity contribution in [3.8, 4) is 22.6 Å². The van der Waals surface area contributed by atoms with Crippen LogP contribution in [0.15, 0.2) is 36.4 Å². The molecular formula is C15H18N2O3. The van der Waals surface area contributed by atoms with Gasteiger partial charge in [0, 0.05) is 42.2 Å². The minimum absolute atomic E-state index is 0.00857. The summed E-state index contributed by atoms with van der Waals surface area (Å²) < 4.78 is 4.98. The molecule has 0 saturated carbocycles. The van der Waals surface area contributed by atoms with Crippen LogP contribution >= 0.6 is 0 Å². The van der Waals surface area contributed by atoms with Crippen LogP contribution in [0.3, 0.4) is 0 Å². The first-order chi connectivity index (χ1) is 9.61. The maximum atomic E-state index is 9.92. The number of rotatable bonds is 5. The maximum absolute atomic E-state index is 9.92. The summed E-state index contributed by atoms with van der Waals surface area (Å²) in [5.74, 6) is 0.00457. The molecule has 106 valence electrons. The lowest BCUT2D eigenvalue weighted by molar-refractivity contribution is 0.211. The molecule has 2 aromatic carbocycles. The van der Waals surface area contributed by atoms with Crippen molar-refractivity contribution in [3.05, 3.63) is 36.4 Å². The first kappa shape index (κ1) is 14.0. The van der Waals surface area contributed by atoms with Crippen LogP contribution in [-0.2, 0) is 4.74 Å². The third-order valence-electron chi connectivity index (χ3n) is 2.96. The molecule has 0 bridgehead atoms. The molecular weight excluding hydrogens is 256 g/mol. The van der Waals surface area contributed by atoms with Gasteiger partial charge in [0.25, 0.3) is 0 Å². The van der Waals surface area contributed by atoms with Gasteiger partial charge in [0.1, 0.15) is 11.5 Å². The number of ether oxygens (including phenoxy) is 1. The Morgan fingerprint density at radius 2 is 1.90 bits per heavy atom. The standard InChI is InChI=1S/C15H18N2O3/c1-20-7-6-17-10-2-5-14(16)13(8-10)12-4-3-11(18)9-15(12)19/h2-5,8-9,17-19H,6-7,16H2,1H3. The van der Waals surface area contributed by atoms with Crippen LogP contribution in [0.2, 0.25) is 0 Å². The predicted octanol–water partition coefficient (Wildman–Crippen LogP) is 2.41. The van der Waals surface area contributed by atoms with E-state index < -0.39 is 0 Å². The van der Waals surface area contributed by atoms with E-state index in [0.29, 0.717) is 30.0 Å². The Hall–Kier alpha value is -2.40. The number of hydrogen-bond acceptors (Lipinski definition) is 5. The lowest BCUT2D eigenvalue weighted by Crippen LogP contribution is -2.07. The van der Waals surface area contributed by atoms with Gasteiger partial charge in [-0.1, -0.05) is 0 Å². The molecule has 0 aliphatic rings. The Balaban J connectivity index is 2.32. The summed E-state index contributed by atoms with van der Waals surface area (Å²) in [6, 6.07) is 9.94. The molecule has 0 aliphatic heterocycles. The zero-order valence-corrected chi connectivity index (χ0v) is 11.3. The Kier molecular flexibility index (Phi) is 4.32. The van der Waals surface area contributed by atoms with Crippen molar-refractivity contribution < 1.29 is 14.9 Å². The van der Waals surface area contributed by atoms with E-state index in [4.69, 9.17) is 10.5 Å². The van der Waals surface area contributed by atoms with Crippen LogP contribution in [-0.4, -0.2) is 30.5 Å². The maximum Gasteiger partial charge on any atom is 0.127 e. The van der Waals surface area contributed by atoms with E-state index in [1.165, 1.54) is 12.1 Å². The van der Waals surface area contributed by atoms with Crippen molar-refractivity contribution in [2.45, 2.75) is 0 Å². The average molecular weight is 274 g/mol. The summed E-state index contributed by atoms with van der Waals surface area (Å²) in [5.41, 5.74) is 8.70. The van der Waals surface area contributed by atoms with Gasteiger partial charge < -0.3 is 26.0 Å². The van der Waals surface area contributed by atoms with Crippen molar-refractivity contribution in [2.75, 3.05) is 31.3 Å². The summed E-state index contributed by atoms with van der Waals surface area (Å²) in [5, 5.41) is 22.5. The zero-order valence-electron chi connectivity index (χ0n) is 11.3. The number of hydrogen-bond donors (Lipinski definition) is 4. The number of phenolic OH excluding ortho intramolecular Hbond substituents is 2. The molecule has 0 saturated heterocycles. The van der Waals surface area contributed by atoms with Crippen LogP contribution in [0.5, 0.6) is 11.5 Å². The summed E-state index contributed by atoms with van der Waals surface area (Å²) in [4.78, 5) is 0. The van der Waals surface area contributed by atoms with Crippen LogP contribution < -0.4 is 11.1 Å². The van der Waals surface area contributed by atoms with Gasteiger partial charge in [-0.15, -0.1) is 0 Å². The van der Waals surface area contributed by atoms with E-state index >= 15 is 0 Å². The fourth-order valence-electron chi connectivity index (χ4n) is 1.94. The minimum Gasteiger partial charge on any atom is -0.508 e. The topological polar surface area (TPSA) is 87.7 Å². The van der Waals surface area contributed by atoms with Crippen LogP contribution in [0.4, 0.5) is 11.4 Å². The van der Waals surface area contributed by atoms with Gasteiger partial charge in [-0.05, 0) is 30.3 Å². The highest BCUT2D eigenvalue weighted by Crippen LogP contribution is 2.36. The van der Waals surface area contributed by atoms with Crippen LogP contribution in [0, 0.1) is 0 Å². The zero-order chi connectivity index (χ0) is 14.5. The second kappa shape index (κ2) is 6.16. The number of nitrogen functional groups attached to an aromatic ring is 1. The number of anilines is 2. The average Bonchev–Trinajstić information content (AvgIpc) is 2.41. The molecule has 0 aliphatic carbocycles. The first-order valence-electron chi connectivity index (χ1n) is 6.26. The smallest absolute Gasteiger partial charge is 0.127 e. The van der Waals surface area contributed by atoms with Crippen molar-refractivity contribution in [3.63, 3.8) is 0 Å². The Morgan fingerprint density at radius 1 is 1.10 bits per heavy atom. The first-order valence-corrected chi connectivity index (χ1v) is 6.26. The molecule has 5 heteroatoms. The minimum atomic E-state index is -0.00857. The number of methoxy groups -OCH3 is 1. The summed E-state index contributed by atoms with van der Waals surface area (Å²) >= 11 is 0. The van der Waals surface area contributed by atoms with Gasteiger partial charge in [0.15, 0.2) is 0 Å². The van der Waals surface area contributed by atoms with Gasteiger partial charge in [-0.25, -0.2) is 0 Å². The fourth-order valence-corrected chi connectivity index (χ4v) is 1.94. The van der Waals surface area contributed by atoms with Crippen molar-refractivity contribution >= 4 is 11.4 Å². The second-order valence-electron chi connectivity index (χ2n) is 4.42. The number of aromatic hydroxyl groups is 2. The van der Waals surface area contributed by atoms with E-state index in [2.05, 4.69) is 5.32 Å². The Labute approximate surface area is 117 Å². The highest BCUT2D eigenvalue weighted by atomic mass is 16.5. The molecule has 0 heterocycles. The molecule has 0 amide bonds. The lowest BCUT2D eigenvalue weighted by Gasteiger charge is -2.12. The SMILES string of the molecule is COCCNc1ccc(N)c(-c2ccc(O)cc2O)c1. The van der Waals surface area contributed by atoms with Crippen molar-refractivity contribution in [1.82, 2.24) is 0 Å². The molecule has 0 spiro atoms. The third-order valence-corrected chi connectivity index (χ3v) is 2.96. The summed E-state index contributed by atoms with van der Waals surface area (Å²) in [6.45, 7) is 1.28. The van der Waals surface area contributed by atoms with Gasteiger partial charge in [-0.2, -0.15) is 0 Å². The Morgan fingerprint density at radius 3 is 2.60 bits per heavy atom. The van der Waals surface area contributed by atoms with Gasteiger partial charge in [0.2, 0.25) is 0 Å². The van der Waals surface area contributed by atoms with Gasteiger partial charge in [-0.3, -0.25) is 0 Å². The van der Waals surface area contributed by atoms with Crippen LogP contribution in [0.1, 0.15) is 0 Å². The van der Waals surface area contributed by atoms with Gasteiger partial charge in [0.05, 0.1) is 6.61 Å². The number of benzene rings is 2. The van der Waals surface area contributed by atoms with E-state index in [-0.39, 0.29) is 11.5 Å². The van der Waals surface area contributed by atoms with E-state index in [9.17, 15) is 10.2 Å². The van der Waals surface area contributed by atoms with E-state index in [1.807, 2.05) is 12.1 Å². The molecule has 0 fully saturated rings. The molecule has 0 radical (unpaired) electrons.